The molecule has 0 aliphatic carbocycles. The number of aliphatic hydroxyl groups is 1. The monoisotopic (exact) mass is 405 g/mol. The number of halogens is 1. The molecule has 1 aliphatic heterocycles. The van der Waals surface area contributed by atoms with Crippen molar-refractivity contribution in [2.45, 2.75) is 38.2 Å². The van der Waals surface area contributed by atoms with Crippen LogP contribution in [0.25, 0.3) is 10.9 Å². The van der Waals surface area contributed by atoms with Crippen molar-refractivity contribution in [2.24, 2.45) is 5.92 Å². The molecule has 2 atom stereocenters. The Kier molecular flexibility index (Phi) is 6.47. The minimum absolute atomic E-state index is 0.197. The van der Waals surface area contributed by atoms with Crippen LogP contribution < -0.4 is 0 Å². The number of H-pyrrole nitrogens is 1. The summed E-state index contributed by atoms with van der Waals surface area (Å²) >= 11 is 0. The van der Waals surface area contributed by atoms with Gasteiger partial charge in [-0.2, -0.15) is 5.26 Å². The first-order valence-electron chi connectivity index (χ1n) is 10.8. The maximum atomic E-state index is 13.1. The first-order valence-corrected chi connectivity index (χ1v) is 10.8. The fraction of sp³-hybridized carbons (Fsp3) is 0.400. The van der Waals surface area contributed by atoms with Crippen molar-refractivity contribution in [2.75, 3.05) is 19.6 Å². The smallest absolute Gasteiger partial charge is 0.123 e. The molecule has 2 unspecified atom stereocenters. The average molecular weight is 406 g/mol. The van der Waals surface area contributed by atoms with E-state index in [0.29, 0.717) is 5.56 Å². The van der Waals surface area contributed by atoms with E-state index < -0.39 is 6.10 Å². The van der Waals surface area contributed by atoms with Crippen molar-refractivity contribution in [3.05, 3.63) is 71.2 Å². The molecule has 30 heavy (non-hydrogen) atoms. The van der Waals surface area contributed by atoms with Gasteiger partial charge in [-0.25, -0.2) is 4.39 Å². The molecule has 2 N–H and O–H groups in total. The molecule has 1 aromatic heterocycles. The summed E-state index contributed by atoms with van der Waals surface area (Å²) in [6.45, 7) is 2.99. The average Bonchev–Trinajstić information content (AvgIpc) is 3.19. The van der Waals surface area contributed by atoms with E-state index >= 15 is 0 Å². The summed E-state index contributed by atoms with van der Waals surface area (Å²) in [5.74, 6) is -0.0718. The lowest BCUT2D eigenvalue weighted by Crippen LogP contribution is -2.38. The third-order valence-corrected chi connectivity index (χ3v) is 6.27. The van der Waals surface area contributed by atoms with Crippen LogP contribution in [0.15, 0.2) is 48.7 Å². The van der Waals surface area contributed by atoms with Gasteiger partial charge in [0.05, 0.1) is 17.7 Å². The number of rotatable bonds is 7. The zero-order valence-corrected chi connectivity index (χ0v) is 17.1. The van der Waals surface area contributed by atoms with Gasteiger partial charge in [-0.3, -0.25) is 0 Å². The van der Waals surface area contributed by atoms with Crippen molar-refractivity contribution in [3.8, 4) is 6.07 Å². The van der Waals surface area contributed by atoms with Gasteiger partial charge in [-0.05, 0) is 86.7 Å². The van der Waals surface area contributed by atoms with Gasteiger partial charge in [-0.15, -0.1) is 0 Å². The number of unbranched alkanes of at least 4 members (excludes halogenated alkanes) is 1. The molecule has 0 saturated carbocycles. The number of hydrogen-bond acceptors (Lipinski definition) is 3. The molecular formula is C25H28FN3O. The Hall–Kier alpha value is -2.68. The normalized spacial score (nSPS) is 18.4. The van der Waals surface area contributed by atoms with Crippen molar-refractivity contribution in [3.63, 3.8) is 0 Å². The standard InChI is InChI=1S/C25H28FN3O/c26-22-9-7-19(8-10-22)25(30)21-5-3-13-29(17-21)12-2-1-4-20-16-28-24-11-6-18(15-27)14-23(20)24/h6-11,14,16,21,25,28,30H,1-5,12-13,17H2. The number of aryl methyl sites for hydroxylation is 1. The number of nitriles is 1. The number of benzene rings is 2. The first-order chi connectivity index (χ1) is 14.6. The van der Waals surface area contributed by atoms with E-state index in [1.54, 1.807) is 12.1 Å². The molecule has 1 saturated heterocycles. The SMILES string of the molecule is N#Cc1ccc2[nH]cc(CCCCN3CCCC(C(O)c4ccc(F)cc4)C3)c2c1. The maximum absolute atomic E-state index is 13.1. The Morgan fingerprint density at radius 1 is 1.20 bits per heavy atom. The molecule has 5 heteroatoms. The summed E-state index contributed by atoms with van der Waals surface area (Å²) in [6.07, 6.45) is 6.80. The highest BCUT2D eigenvalue weighted by Crippen LogP contribution is 2.30. The number of hydrogen-bond donors (Lipinski definition) is 2. The molecule has 2 heterocycles. The van der Waals surface area contributed by atoms with E-state index in [1.165, 1.54) is 17.7 Å². The van der Waals surface area contributed by atoms with Crippen LogP contribution in [0, 0.1) is 23.1 Å². The minimum atomic E-state index is -0.533. The Morgan fingerprint density at radius 3 is 2.83 bits per heavy atom. The summed E-state index contributed by atoms with van der Waals surface area (Å²) in [7, 11) is 0. The molecule has 156 valence electrons. The minimum Gasteiger partial charge on any atom is -0.388 e. The van der Waals surface area contributed by atoms with Crippen LogP contribution in [0.4, 0.5) is 4.39 Å². The summed E-state index contributed by atoms with van der Waals surface area (Å²) in [5.41, 5.74) is 3.85. The molecule has 0 radical (unpaired) electrons. The molecule has 1 fully saturated rings. The molecule has 0 spiro atoms. The van der Waals surface area contributed by atoms with Gasteiger partial charge in [-0.1, -0.05) is 12.1 Å². The van der Waals surface area contributed by atoms with Gasteiger partial charge in [0, 0.05) is 29.6 Å². The number of nitrogens with zero attached hydrogens (tertiary/aromatic N) is 2. The first kappa shape index (κ1) is 20.6. The van der Waals surface area contributed by atoms with Gasteiger partial charge in [0.25, 0.3) is 0 Å². The van der Waals surface area contributed by atoms with Crippen LogP contribution in [0.3, 0.4) is 0 Å². The van der Waals surface area contributed by atoms with Crippen LogP contribution in [0.2, 0.25) is 0 Å². The second kappa shape index (κ2) is 9.42. The van der Waals surface area contributed by atoms with Crippen molar-refractivity contribution < 1.29 is 9.50 Å². The van der Waals surface area contributed by atoms with E-state index in [1.807, 2.05) is 18.2 Å². The number of aromatic amines is 1. The van der Waals surface area contributed by atoms with Crippen LogP contribution in [-0.4, -0.2) is 34.6 Å². The largest absolute Gasteiger partial charge is 0.388 e. The summed E-state index contributed by atoms with van der Waals surface area (Å²) in [4.78, 5) is 5.74. The van der Waals surface area contributed by atoms with Gasteiger partial charge < -0.3 is 15.0 Å². The second-order valence-electron chi connectivity index (χ2n) is 8.34. The van der Waals surface area contributed by atoms with Crippen LogP contribution in [0.5, 0.6) is 0 Å². The topological polar surface area (TPSA) is 63.0 Å². The Morgan fingerprint density at radius 2 is 2.03 bits per heavy atom. The molecule has 2 aromatic carbocycles. The van der Waals surface area contributed by atoms with Gasteiger partial charge in [0.1, 0.15) is 5.82 Å². The summed E-state index contributed by atoms with van der Waals surface area (Å²) in [6, 6.07) is 14.2. The number of fused-ring (bicyclic) bond motifs is 1. The number of piperidine rings is 1. The summed E-state index contributed by atoms with van der Waals surface area (Å²) < 4.78 is 13.1. The maximum Gasteiger partial charge on any atom is 0.123 e. The number of nitrogens with one attached hydrogen (secondary N) is 1. The molecule has 1 aliphatic rings. The molecular weight excluding hydrogens is 377 g/mol. The zero-order chi connectivity index (χ0) is 20.9. The Balaban J connectivity index is 1.27. The molecule has 4 nitrogen and oxygen atoms in total. The van der Waals surface area contributed by atoms with Gasteiger partial charge in [0.15, 0.2) is 0 Å². The van der Waals surface area contributed by atoms with E-state index in [-0.39, 0.29) is 11.7 Å². The highest BCUT2D eigenvalue weighted by molar-refractivity contribution is 5.84. The van der Waals surface area contributed by atoms with E-state index in [0.717, 1.165) is 68.2 Å². The molecule has 0 amide bonds. The third-order valence-electron chi connectivity index (χ3n) is 6.27. The number of aromatic nitrogens is 1. The van der Waals surface area contributed by atoms with E-state index in [4.69, 9.17) is 5.26 Å². The summed E-state index contributed by atoms with van der Waals surface area (Å²) in [5, 5.41) is 21.0. The van der Waals surface area contributed by atoms with Crippen LogP contribution in [-0.2, 0) is 6.42 Å². The lowest BCUT2D eigenvalue weighted by Gasteiger charge is -2.35. The lowest BCUT2D eigenvalue weighted by molar-refractivity contribution is 0.0498. The number of likely N-dealkylation sites (tertiary alicyclic amines) is 1. The van der Waals surface area contributed by atoms with Gasteiger partial charge in [0.2, 0.25) is 0 Å². The lowest BCUT2D eigenvalue weighted by atomic mass is 9.88. The van der Waals surface area contributed by atoms with Crippen molar-refractivity contribution >= 4 is 10.9 Å². The van der Waals surface area contributed by atoms with E-state index in [9.17, 15) is 9.50 Å². The fourth-order valence-electron chi connectivity index (χ4n) is 4.59. The van der Waals surface area contributed by atoms with Crippen molar-refractivity contribution in [1.82, 2.24) is 9.88 Å². The highest BCUT2D eigenvalue weighted by Gasteiger charge is 2.26. The molecule has 4 rings (SSSR count). The predicted molar refractivity (Wildman–Crippen MR) is 116 cm³/mol. The van der Waals surface area contributed by atoms with E-state index in [2.05, 4.69) is 22.1 Å². The predicted octanol–water partition coefficient (Wildman–Crippen LogP) is 4.95. The third kappa shape index (κ3) is 4.72. The van der Waals surface area contributed by atoms with Crippen LogP contribution >= 0.6 is 0 Å². The second-order valence-corrected chi connectivity index (χ2v) is 8.34. The van der Waals surface area contributed by atoms with Crippen molar-refractivity contribution in [1.29, 1.82) is 5.26 Å². The Labute approximate surface area is 177 Å². The van der Waals surface area contributed by atoms with Gasteiger partial charge >= 0.3 is 0 Å². The zero-order valence-electron chi connectivity index (χ0n) is 17.1. The highest BCUT2D eigenvalue weighted by atomic mass is 19.1. The number of aliphatic hydroxyl groups excluding tert-OH is 1. The quantitative estimate of drug-likeness (QED) is 0.547. The molecule has 3 aromatic rings. The fourth-order valence-corrected chi connectivity index (χ4v) is 4.59. The molecule has 0 bridgehead atoms. The van der Waals surface area contributed by atoms with Crippen LogP contribution in [0.1, 0.15) is 48.5 Å². The Bertz CT molecular complexity index is 1020.